The maximum Gasteiger partial charge on any atom is 0.0939 e. The van der Waals surface area contributed by atoms with Crippen molar-refractivity contribution >= 4 is 5.69 Å². The zero-order chi connectivity index (χ0) is 13.1. The Balaban J connectivity index is 2.12. The first-order chi connectivity index (χ1) is 9.34. The third-order valence-corrected chi connectivity index (χ3v) is 2.86. The fraction of sp³-hybridized carbons (Fsp3) is 0. The molecule has 2 N–H and O–H groups in total. The number of nitrogens with two attached hydrogens (primary N) is 1. The zero-order valence-corrected chi connectivity index (χ0v) is 10.2. The lowest BCUT2D eigenvalue weighted by atomic mass is 10.1. The average molecular weight is 248 g/mol. The molecule has 3 heterocycles. The van der Waals surface area contributed by atoms with Gasteiger partial charge in [-0.3, -0.25) is 9.97 Å². The van der Waals surface area contributed by atoms with Gasteiger partial charge in [0.2, 0.25) is 0 Å². The minimum atomic E-state index is 0.656. The van der Waals surface area contributed by atoms with Crippen LogP contribution in [0.3, 0.4) is 0 Å². The van der Waals surface area contributed by atoms with E-state index < -0.39 is 0 Å². The van der Waals surface area contributed by atoms with Gasteiger partial charge in [0.1, 0.15) is 0 Å². The van der Waals surface area contributed by atoms with Crippen molar-refractivity contribution in [1.29, 1.82) is 0 Å². The molecule has 0 saturated carbocycles. The van der Waals surface area contributed by atoms with Crippen LogP contribution in [0.1, 0.15) is 0 Å². The normalized spacial score (nSPS) is 10.3. The van der Waals surface area contributed by atoms with Crippen LogP contribution in [0.25, 0.3) is 22.5 Å². The number of anilines is 1. The Bertz CT molecular complexity index is 681. The molecule has 0 spiro atoms. The molecule has 0 saturated heterocycles. The van der Waals surface area contributed by atoms with Crippen LogP contribution in [0.5, 0.6) is 0 Å². The molecule has 0 aliphatic carbocycles. The van der Waals surface area contributed by atoms with Gasteiger partial charge in [0.15, 0.2) is 0 Å². The first-order valence-electron chi connectivity index (χ1n) is 5.92. The molecule has 3 aromatic rings. The van der Waals surface area contributed by atoms with Crippen molar-refractivity contribution in [3.63, 3.8) is 0 Å². The number of hydrogen-bond donors (Lipinski definition) is 1. The summed E-state index contributed by atoms with van der Waals surface area (Å²) >= 11 is 0. The van der Waals surface area contributed by atoms with Crippen LogP contribution in [-0.2, 0) is 0 Å². The quantitative estimate of drug-likeness (QED) is 0.757. The van der Waals surface area contributed by atoms with Crippen molar-refractivity contribution in [2.75, 3.05) is 5.73 Å². The largest absolute Gasteiger partial charge is 0.397 e. The molecule has 3 aromatic heterocycles. The van der Waals surface area contributed by atoms with Gasteiger partial charge in [-0.1, -0.05) is 0 Å². The second-order valence-electron chi connectivity index (χ2n) is 4.11. The summed E-state index contributed by atoms with van der Waals surface area (Å²) in [6.07, 6.45) is 6.96. The van der Waals surface area contributed by atoms with Crippen LogP contribution >= 0.6 is 0 Å². The van der Waals surface area contributed by atoms with E-state index in [1.165, 1.54) is 0 Å². The molecule has 0 aliphatic heterocycles. The number of nitrogen functional groups attached to an aromatic ring is 1. The highest BCUT2D eigenvalue weighted by molar-refractivity contribution is 5.75. The number of nitrogens with zero attached hydrogens (tertiary/aromatic N) is 3. The van der Waals surface area contributed by atoms with Crippen LogP contribution in [0, 0.1) is 0 Å². The first-order valence-corrected chi connectivity index (χ1v) is 5.92. The molecule has 19 heavy (non-hydrogen) atoms. The fourth-order valence-corrected chi connectivity index (χ4v) is 1.89. The Labute approximate surface area is 111 Å². The van der Waals surface area contributed by atoms with E-state index in [1.807, 2.05) is 36.4 Å². The maximum atomic E-state index is 6.00. The van der Waals surface area contributed by atoms with Gasteiger partial charge in [-0.2, -0.15) is 0 Å². The van der Waals surface area contributed by atoms with Crippen molar-refractivity contribution in [2.24, 2.45) is 0 Å². The third-order valence-electron chi connectivity index (χ3n) is 2.86. The Kier molecular flexibility index (Phi) is 2.90. The van der Waals surface area contributed by atoms with Crippen molar-refractivity contribution in [1.82, 2.24) is 15.0 Å². The lowest BCUT2D eigenvalue weighted by Gasteiger charge is -2.07. The topological polar surface area (TPSA) is 64.7 Å². The lowest BCUT2D eigenvalue weighted by Crippen LogP contribution is -1.95. The summed E-state index contributed by atoms with van der Waals surface area (Å²) in [5.41, 5.74) is 10.3. The predicted molar refractivity (Wildman–Crippen MR) is 75.1 cm³/mol. The van der Waals surface area contributed by atoms with E-state index in [1.54, 1.807) is 24.8 Å². The second kappa shape index (κ2) is 4.86. The highest BCUT2D eigenvalue weighted by Gasteiger charge is 2.07. The van der Waals surface area contributed by atoms with Gasteiger partial charge in [-0.05, 0) is 36.4 Å². The molecule has 0 aliphatic rings. The van der Waals surface area contributed by atoms with Crippen molar-refractivity contribution in [3.8, 4) is 22.5 Å². The lowest BCUT2D eigenvalue weighted by molar-refractivity contribution is 1.27. The molecule has 0 bridgehead atoms. The van der Waals surface area contributed by atoms with Gasteiger partial charge >= 0.3 is 0 Å². The van der Waals surface area contributed by atoms with Gasteiger partial charge in [-0.25, -0.2) is 4.98 Å². The summed E-state index contributed by atoms with van der Waals surface area (Å²) in [6, 6.07) is 11.4. The summed E-state index contributed by atoms with van der Waals surface area (Å²) in [4.78, 5) is 12.6. The maximum absolute atomic E-state index is 6.00. The molecule has 3 rings (SSSR count). The number of rotatable bonds is 2. The molecule has 4 heteroatoms. The van der Waals surface area contributed by atoms with Crippen molar-refractivity contribution < 1.29 is 0 Å². The monoisotopic (exact) mass is 248 g/mol. The van der Waals surface area contributed by atoms with Gasteiger partial charge in [0.05, 0.1) is 17.1 Å². The highest BCUT2D eigenvalue weighted by Crippen LogP contribution is 2.26. The van der Waals surface area contributed by atoms with Crippen molar-refractivity contribution in [2.45, 2.75) is 0 Å². The highest BCUT2D eigenvalue weighted by atomic mass is 14.8. The van der Waals surface area contributed by atoms with Gasteiger partial charge < -0.3 is 5.73 Å². The summed E-state index contributed by atoms with van der Waals surface area (Å²) in [5, 5.41) is 0. The van der Waals surface area contributed by atoms with E-state index in [0.717, 1.165) is 22.5 Å². The number of aromatic nitrogens is 3. The Morgan fingerprint density at radius 1 is 0.684 bits per heavy atom. The molecule has 0 unspecified atom stereocenters. The average Bonchev–Trinajstić information content (AvgIpc) is 2.49. The molecule has 92 valence electrons. The molecule has 0 radical (unpaired) electrons. The van der Waals surface area contributed by atoms with Gasteiger partial charge in [0.25, 0.3) is 0 Å². The van der Waals surface area contributed by atoms with Crippen molar-refractivity contribution in [3.05, 3.63) is 61.2 Å². The SMILES string of the molecule is Nc1ccc(-c2ccncc2)nc1-c1ccncc1. The number of pyridine rings is 3. The summed E-state index contributed by atoms with van der Waals surface area (Å²) in [6.45, 7) is 0. The van der Waals surface area contributed by atoms with E-state index in [4.69, 9.17) is 5.73 Å². The van der Waals surface area contributed by atoms with E-state index in [-0.39, 0.29) is 0 Å². The summed E-state index contributed by atoms with van der Waals surface area (Å²) in [7, 11) is 0. The van der Waals surface area contributed by atoms with E-state index in [9.17, 15) is 0 Å². The Morgan fingerprint density at radius 2 is 1.26 bits per heavy atom. The Morgan fingerprint density at radius 3 is 1.89 bits per heavy atom. The van der Waals surface area contributed by atoms with Crippen LogP contribution < -0.4 is 5.73 Å². The molecule has 0 amide bonds. The van der Waals surface area contributed by atoms with Crippen LogP contribution in [-0.4, -0.2) is 15.0 Å². The number of hydrogen-bond acceptors (Lipinski definition) is 4. The minimum absolute atomic E-state index is 0.656. The van der Waals surface area contributed by atoms with Gasteiger partial charge in [-0.15, -0.1) is 0 Å². The van der Waals surface area contributed by atoms with E-state index >= 15 is 0 Å². The molecular weight excluding hydrogens is 236 g/mol. The fourth-order valence-electron chi connectivity index (χ4n) is 1.89. The zero-order valence-electron chi connectivity index (χ0n) is 10.2. The summed E-state index contributed by atoms with van der Waals surface area (Å²) in [5.74, 6) is 0. The van der Waals surface area contributed by atoms with E-state index in [0.29, 0.717) is 5.69 Å². The van der Waals surface area contributed by atoms with Crippen LogP contribution in [0.4, 0.5) is 5.69 Å². The molecule has 0 aromatic carbocycles. The van der Waals surface area contributed by atoms with Crippen LogP contribution in [0.15, 0.2) is 61.2 Å². The first kappa shape index (κ1) is 11.3. The second-order valence-corrected chi connectivity index (χ2v) is 4.11. The molecule has 4 nitrogen and oxygen atoms in total. The van der Waals surface area contributed by atoms with Crippen LogP contribution in [0.2, 0.25) is 0 Å². The predicted octanol–water partition coefficient (Wildman–Crippen LogP) is 2.79. The van der Waals surface area contributed by atoms with Gasteiger partial charge in [0, 0.05) is 35.9 Å². The Hall–Kier alpha value is -2.75. The summed E-state index contributed by atoms with van der Waals surface area (Å²) < 4.78 is 0. The molecular formula is C15H12N4. The van der Waals surface area contributed by atoms with E-state index in [2.05, 4.69) is 15.0 Å². The third kappa shape index (κ3) is 2.28. The standard InChI is InChI=1S/C15H12N4/c16-13-1-2-14(11-3-7-17-8-4-11)19-15(13)12-5-9-18-10-6-12/h1-10H,16H2. The molecule has 0 fully saturated rings. The smallest absolute Gasteiger partial charge is 0.0939 e. The minimum Gasteiger partial charge on any atom is -0.397 e. The molecule has 0 atom stereocenters.